The molecule has 1 unspecified atom stereocenters. The number of aliphatic hydroxyl groups excluding tert-OH is 1. The number of rotatable bonds is 7. The molecule has 0 bridgehead atoms. The lowest BCUT2D eigenvalue weighted by Gasteiger charge is -2.37. The van der Waals surface area contributed by atoms with Gasteiger partial charge in [-0.3, -0.25) is 14.6 Å². The Kier molecular flexibility index (Phi) is 5.96. The predicted molar refractivity (Wildman–Crippen MR) is 93.4 cm³/mol. The van der Waals surface area contributed by atoms with Crippen molar-refractivity contribution >= 4 is 0 Å². The average molecular weight is 329 g/mol. The van der Waals surface area contributed by atoms with Crippen molar-refractivity contribution in [3.63, 3.8) is 0 Å². The third-order valence-electron chi connectivity index (χ3n) is 4.79. The summed E-state index contributed by atoms with van der Waals surface area (Å²) < 4.78 is 1.79. The summed E-state index contributed by atoms with van der Waals surface area (Å²) in [6, 6.07) is 6.61. The molecule has 2 aromatic rings. The molecule has 0 saturated carbocycles. The van der Waals surface area contributed by atoms with E-state index < -0.39 is 0 Å². The lowest BCUT2D eigenvalue weighted by molar-refractivity contribution is 0.0624. The Balaban J connectivity index is 1.40. The van der Waals surface area contributed by atoms with Crippen molar-refractivity contribution in [2.45, 2.75) is 38.1 Å². The third kappa shape index (κ3) is 4.87. The molecule has 0 aliphatic carbocycles. The fourth-order valence-corrected chi connectivity index (χ4v) is 3.43. The molecular formula is C18H27N5O. The zero-order valence-electron chi connectivity index (χ0n) is 14.3. The summed E-state index contributed by atoms with van der Waals surface area (Å²) in [7, 11) is 2.12. The summed E-state index contributed by atoms with van der Waals surface area (Å²) in [6.45, 7) is 4.45. The number of hydrogen-bond acceptors (Lipinski definition) is 5. The molecule has 0 aromatic carbocycles. The highest BCUT2D eigenvalue weighted by Crippen LogP contribution is 2.17. The van der Waals surface area contributed by atoms with Crippen LogP contribution in [0.5, 0.6) is 0 Å². The van der Waals surface area contributed by atoms with Gasteiger partial charge in [-0.25, -0.2) is 0 Å². The monoisotopic (exact) mass is 329 g/mol. The maximum atomic E-state index is 10.3. The second-order valence-electron chi connectivity index (χ2n) is 6.68. The summed E-state index contributed by atoms with van der Waals surface area (Å²) in [5.74, 6) is 0. The molecule has 3 heterocycles. The van der Waals surface area contributed by atoms with Crippen LogP contribution >= 0.6 is 0 Å². The van der Waals surface area contributed by atoms with Gasteiger partial charge in [0.05, 0.1) is 12.6 Å². The van der Waals surface area contributed by atoms with Crippen molar-refractivity contribution in [3.05, 3.63) is 48.5 Å². The summed E-state index contributed by atoms with van der Waals surface area (Å²) in [5.41, 5.74) is 1.33. The number of nitrogens with zero attached hydrogens (tertiary/aromatic N) is 5. The molecule has 24 heavy (non-hydrogen) atoms. The molecule has 1 fully saturated rings. The second kappa shape index (κ2) is 8.37. The van der Waals surface area contributed by atoms with Crippen molar-refractivity contribution in [3.8, 4) is 0 Å². The number of aliphatic hydroxyl groups is 1. The van der Waals surface area contributed by atoms with E-state index in [1.807, 2.05) is 24.7 Å². The smallest absolute Gasteiger partial charge is 0.0862 e. The van der Waals surface area contributed by atoms with Gasteiger partial charge in [0.1, 0.15) is 0 Å². The van der Waals surface area contributed by atoms with E-state index in [1.165, 1.54) is 5.56 Å². The molecule has 1 saturated heterocycles. The zero-order valence-corrected chi connectivity index (χ0v) is 14.3. The van der Waals surface area contributed by atoms with E-state index in [4.69, 9.17) is 0 Å². The molecule has 0 radical (unpaired) electrons. The number of likely N-dealkylation sites (tertiary alicyclic amines) is 1. The van der Waals surface area contributed by atoms with E-state index in [1.54, 1.807) is 10.9 Å². The van der Waals surface area contributed by atoms with Crippen molar-refractivity contribution in [2.75, 3.05) is 26.7 Å². The van der Waals surface area contributed by atoms with Gasteiger partial charge in [0, 0.05) is 43.9 Å². The highest BCUT2D eigenvalue weighted by atomic mass is 16.3. The largest absolute Gasteiger partial charge is 0.390 e. The van der Waals surface area contributed by atoms with Crippen molar-refractivity contribution in [2.24, 2.45) is 0 Å². The molecule has 1 aliphatic heterocycles. The van der Waals surface area contributed by atoms with Crippen LogP contribution in [0.25, 0.3) is 0 Å². The highest BCUT2D eigenvalue weighted by Gasteiger charge is 2.23. The molecule has 1 atom stereocenters. The van der Waals surface area contributed by atoms with Crippen LogP contribution in [0.1, 0.15) is 18.4 Å². The minimum Gasteiger partial charge on any atom is -0.390 e. The molecule has 0 amide bonds. The van der Waals surface area contributed by atoms with Crippen LogP contribution in [-0.2, 0) is 13.1 Å². The lowest BCUT2D eigenvalue weighted by atomic mass is 10.0. The van der Waals surface area contributed by atoms with Gasteiger partial charge >= 0.3 is 0 Å². The van der Waals surface area contributed by atoms with Crippen molar-refractivity contribution < 1.29 is 5.11 Å². The summed E-state index contributed by atoms with van der Waals surface area (Å²) in [4.78, 5) is 8.88. The van der Waals surface area contributed by atoms with Crippen LogP contribution < -0.4 is 0 Å². The van der Waals surface area contributed by atoms with Crippen LogP contribution in [0.15, 0.2) is 43.0 Å². The summed E-state index contributed by atoms with van der Waals surface area (Å²) >= 11 is 0. The van der Waals surface area contributed by atoms with Crippen LogP contribution in [0.2, 0.25) is 0 Å². The van der Waals surface area contributed by atoms with Crippen molar-refractivity contribution in [1.82, 2.24) is 24.6 Å². The summed E-state index contributed by atoms with van der Waals surface area (Å²) in [5, 5.41) is 14.4. The molecule has 0 spiro atoms. The van der Waals surface area contributed by atoms with Gasteiger partial charge in [-0.05, 0) is 56.7 Å². The standard InChI is InChI=1S/C18H27N5O/c1-21(14-18(24)15-23-10-2-7-20-23)17-5-11-22(12-6-17)13-16-3-8-19-9-4-16/h2-4,7-10,17-18,24H,5-6,11-15H2,1H3. The molecule has 2 aromatic heterocycles. The lowest BCUT2D eigenvalue weighted by Crippen LogP contribution is -2.45. The Morgan fingerprint density at radius 1 is 1.25 bits per heavy atom. The molecule has 1 N–H and O–H groups in total. The Morgan fingerprint density at radius 2 is 2.00 bits per heavy atom. The number of likely N-dealkylation sites (N-methyl/N-ethyl adjacent to an activating group) is 1. The predicted octanol–water partition coefficient (Wildman–Crippen LogP) is 1.24. The van der Waals surface area contributed by atoms with Crippen LogP contribution in [0.3, 0.4) is 0 Å². The van der Waals surface area contributed by atoms with Crippen LogP contribution in [0.4, 0.5) is 0 Å². The minimum absolute atomic E-state index is 0.384. The van der Waals surface area contributed by atoms with Gasteiger partial charge in [-0.15, -0.1) is 0 Å². The van der Waals surface area contributed by atoms with Crippen LogP contribution in [-0.4, -0.2) is 68.5 Å². The van der Waals surface area contributed by atoms with Gasteiger partial charge < -0.3 is 10.0 Å². The Bertz CT molecular complexity index is 581. The van der Waals surface area contributed by atoms with E-state index in [-0.39, 0.29) is 6.10 Å². The summed E-state index contributed by atoms with van der Waals surface area (Å²) in [6.07, 6.45) is 9.26. The molecule has 6 heteroatoms. The topological polar surface area (TPSA) is 57.4 Å². The molecule has 1 aliphatic rings. The number of pyridine rings is 1. The normalized spacial score (nSPS) is 18.1. The molecule has 3 rings (SSSR count). The minimum atomic E-state index is -0.384. The van der Waals surface area contributed by atoms with E-state index in [9.17, 15) is 5.11 Å². The Hall–Kier alpha value is -1.76. The fraction of sp³-hybridized carbons (Fsp3) is 0.556. The fourth-order valence-electron chi connectivity index (χ4n) is 3.43. The molecule has 6 nitrogen and oxygen atoms in total. The number of hydrogen-bond donors (Lipinski definition) is 1. The second-order valence-corrected chi connectivity index (χ2v) is 6.68. The van der Waals surface area contributed by atoms with E-state index in [2.05, 4.69) is 39.1 Å². The molecular weight excluding hydrogens is 302 g/mol. The first-order valence-corrected chi connectivity index (χ1v) is 8.67. The van der Waals surface area contributed by atoms with Crippen molar-refractivity contribution in [1.29, 1.82) is 0 Å². The van der Waals surface area contributed by atoms with Gasteiger partial charge in [-0.2, -0.15) is 5.10 Å². The van der Waals surface area contributed by atoms with E-state index >= 15 is 0 Å². The number of piperidine rings is 1. The van der Waals surface area contributed by atoms with Gasteiger partial charge in [0.25, 0.3) is 0 Å². The Morgan fingerprint density at radius 3 is 2.67 bits per heavy atom. The third-order valence-corrected chi connectivity index (χ3v) is 4.79. The maximum absolute atomic E-state index is 10.3. The zero-order chi connectivity index (χ0) is 16.8. The first kappa shape index (κ1) is 17.1. The quantitative estimate of drug-likeness (QED) is 0.828. The van der Waals surface area contributed by atoms with Crippen LogP contribution in [0, 0.1) is 0 Å². The SMILES string of the molecule is CN(CC(O)Cn1cccn1)C1CCN(Cc2ccncc2)CC1. The average Bonchev–Trinajstić information content (AvgIpc) is 3.09. The number of aromatic nitrogens is 3. The highest BCUT2D eigenvalue weighted by molar-refractivity contribution is 5.09. The first-order chi connectivity index (χ1) is 11.7. The van der Waals surface area contributed by atoms with E-state index in [0.29, 0.717) is 19.1 Å². The van der Waals surface area contributed by atoms with Gasteiger partial charge in [-0.1, -0.05) is 0 Å². The van der Waals surface area contributed by atoms with Gasteiger partial charge in [0.15, 0.2) is 0 Å². The maximum Gasteiger partial charge on any atom is 0.0862 e. The van der Waals surface area contributed by atoms with Gasteiger partial charge in [0.2, 0.25) is 0 Å². The Labute approximate surface area is 143 Å². The molecule has 130 valence electrons. The van der Waals surface area contributed by atoms with E-state index in [0.717, 1.165) is 32.5 Å². The first-order valence-electron chi connectivity index (χ1n) is 8.67.